The van der Waals surface area contributed by atoms with E-state index in [-0.39, 0.29) is 11.1 Å². The molecule has 0 aliphatic heterocycles. The summed E-state index contributed by atoms with van der Waals surface area (Å²) in [4.78, 5) is 7.45. The Balaban J connectivity index is 2.18. The molecular formula is C14H17ClFN3. The third-order valence-corrected chi connectivity index (χ3v) is 3.34. The highest BCUT2D eigenvalue weighted by molar-refractivity contribution is 6.31. The smallest absolute Gasteiger partial charge is 0.141 e. The van der Waals surface area contributed by atoms with E-state index < -0.39 is 5.82 Å². The Bertz CT molecular complexity index is 553. The fraction of sp³-hybridized carbons (Fsp3) is 0.357. The van der Waals surface area contributed by atoms with Gasteiger partial charge in [-0.05, 0) is 24.6 Å². The summed E-state index contributed by atoms with van der Waals surface area (Å²) in [5.74, 6) is 0.328. The fourth-order valence-corrected chi connectivity index (χ4v) is 2.08. The third-order valence-electron chi connectivity index (χ3n) is 3.05. The summed E-state index contributed by atoms with van der Waals surface area (Å²) in [6.07, 6.45) is 4.77. The highest BCUT2D eigenvalue weighted by Crippen LogP contribution is 2.25. The Kier molecular flexibility index (Phi) is 4.56. The van der Waals surface area contributed by atoms with Crippen molar-refractivity contribution >= 4 is 11.6 Å². The molecule has 0 saturated carbocycles. The highest BCUT2D eigenvalue weighted by atomic mass is 35.5. The number of rotatable bonds is 5. The summed E-state index contributed by atoms with van der Waals surface area (Å²) in [6.45, 7) is 2.13. The molecule has 0 aliphatic carbocycles. The summed E-state index contributed by atoms with van der Waals surface area (Å²) in [7, 11) is 0. The number of halogens is 2. The van der Waals surface area contributed by atoms with Crippen LogP contribution in [0.25, 0.3) is 11.3 Å². The maximum absolute atomic E-state index is 13.1. The molecule has 1 atom stereocenters. The molecule has 102 valence electrons. The van der Waals surface area contributed by atoms with Crippen molar-refractivity contribution in [2.75, 3.05) is 0 Å². The van der Waals surface area contributed by atoms with Gasteiger partial charge < -0.3 is 10.7 Å². The summed E-state index contributed by atoms with van der Waals surface area (Å²) < 4.78 is 13.1. The molecule has 19 heavy (non-hydrogen) atoms. The first-order chi connectivity index (χ1) is 9.11. The van der Waals surface area contributed by atoms with Gasteiger partial charge >= 0.3 is 0 Å². The molecule has 2 rings (SSSR count). The van der Waals surface area contributed by atoms with E-state index in [1.54, 1.807) is 18.3 Å². The summed E-state index contributed by atoms with van der Waals surface area (Å²) in [5, 5.41) is 0.101. The number of benzene rings is 1. The van der Waals surface area contributed by atoms with E-state index >= 15 is 0 Å². The topological polar surface area (TPSA) is 54.7 Å². The Hall–Kier alpha value is -1.39. The van der Waals surface area contributed by atoms with Crippen LogP contribution in [0.4, 0.5) is 4.39 Å². The van der Waals surface area contributed by atoms with Crippen LogP contribution < -0.4 is 5.73 Å². The number of nitrogens with two attached hydrogens (primary N) is 1. The summed E-state index contributed by atoms with van der Waals surface area (Å²) in [5.41, 5.74) is 7.64. The molecule has 0 saturated heterocycles. The molecule has 1 heterocycles. The lowest BCUT2D eigenvalue weighted by Crippen LogP contribution is -2.11. The van der Waals surface area contributed by atoms with Crippen LogP contribution >= 0.6 is 11.6 Å². The SMILES string of the molecule is CCCCC(N)c1ncc(-c2ccc(F)c(Cl)c2)[nH]1. The Morgan fingerprint density at radius 1 is 1.47 bits per heavy atom. The molecule has 3 nitrogen and oxygen atoms in total. The van der Waals surface area contributed by atoms with Crippen molar-refractivity contribution in [1.82, 2.24) is 9.97 Å². The number of H-pyrrole nitrogens is 1. The minimum Gasteiger partial charge on any atom is -0.341 e. The molecular weight excluding hydrogens is 265 g/mol. The number of unbranched alkanes of at least 4 members (excludes halogenated alkanes) is 1. The van der Waals surface area contributed by atoms with Gasteiger partial charge in [0, 0.05) is 5.56 Å². The Labute approximate surface area is 117 Å². The highest BCUT2D eigenvalue weighted by Gasteiger charge is 2.11. The van der Waals surface area contributed by atoms with Crippen molar-refractivity contribution in [1.29, 1.82) is 0 Å². The van der Waals surface area contributed by atoms with E-state index in [1.165, 1.54) is 6.07 Å². The maximum atomic E-state index is 13.1. The molecule has 0 amide bonds. The molecule has 2 aromatic rings. The third kappa shape index (κ3) is 3.33. The molecule has 0 radical (unpaired) electrons. The first kappa shape index (κ1) is 14.0. The van der Waals surface area contributed by atoms with Crippen molar-refractivity contribution in [2.24, 2.45) is 5.73 Å². The van der Waals surface area contributed by atoms with Crippen LogP contribution in [-0.4, -0.2) is 9.97 Å². The minimum absolute atomic E-state index is 0.0929. The predicted molar refractivity (Wildman–Crippen MR) is 75.4 cm³/mol. The molecule has 5 heteroatoms. The fourth-order valence-electron chi connectivity index (χ4n) is 1.90. The zero-order chi connectivity index (χ0) is 13.8. The Morgan fingerprint density at radius 2 is 2.26 bits per heavy atom. The number of aromatic nitrogens is 2. The molecule has 0 aliphatic rings. The second kappa shape index (κ2) is 6.17. The largest absolute Gasteiger partial charge is 0.341 e. The standard InChI is InChI=1S/C14H17ClFN3/c1-2-3-4-12(17)14-18-8-13(19-14)9-5-6-11(16)10(15)7-9/h5-8,12H,2-4,17H2,1H3,(H,18,19). The van der Waals surface area contributed by atoms with E-state index in [0.717, 1.165) is 36.3 Å². The lowest BCUT2D eigenvalue weighted by molar-refractivity contribution is 0.580. The van der Waals surface area contributed by atoms with E-state index in [2.05, 4.69) is 16.9 Å². The summed E-state index contributed by atoms with van der Waals surface area (Å²) >= 11 is 5.77. The van der Waals surface area contributed by atoms with E-state index in [1.807, 2.05) is 0 Å². The van der Waals surface area contributed by atoms with Gasteiger partial charge in [0.25, 0.3) is 0 Å². The number of hydrogen-bond donors (Lipinski definition) is 2. The normalized spacial score (nSPS) is 12.6. The van der Waals surface area contributed by atoms with E-state index in [4.69, 9.17) is 17.3 Å². The molecule has 0 fully saturated rings. The van der Waals surface area contributed by atoms with Crippen molar-refractivity contribution in [3.63, 3.8) is 0 Å². The van der Waals surface area contributed by atoms with Crippen LogP contribution in [0.15, 0.2) is 24.4 Å². The summed E-state index contributed by atoms with van der Waals surface area (Å²) in [6, 6.07) is 4.49. The lowest BCUT2D eigenvalue weighted by Gasteiger charge is -2.07. The van der Waals surface area contributed by atoms with Gasteiger partial charge in [0.2, 0.25) is 0 Å². The monoisotopic (exact) mass is 281 g/mol. The van der Waals surface area contributed by atoms with Gasteiger partial charge in [-0.15, -0.1) is 0 Å². The lowest BCUT2D eigenvalue weighted by atomic mass is 10.1. The minimum atomic E-state index is -0.426. The predicted octanol–water partition coefficient (Wildman–Crippen LogP) is 4.06. The molecule has 0 spiro atoms. The van der Waals surface area contributed by atoms with Crippen molar-refractivity contribution in [3.05, 3.63) is 41.1 Å². The van der Waals surface area contributed by atoms with Crippen molar-refractivity contribution in [3.8, 4) is 11.3 Å². The van der Waals surface area contributed by atoms with Gasteiger partial charge in [0.15, 0.2) is 0 Å². The number of aromatic amines is 1. The van der Waals surface area contributed by atoms with Gasteiger partial charge in [0.05, 0.1) is 23.0 Å². The molecule has 1 aromatic carbocycles. The van der Waals surface area contributed by atoms with Gasteiger partial charge in [-0.2, -0.15) is 0 Å². The van der Waals surface area contributed by atoms with Crippen LogP contribution in [-0.2, 0) is 0 Å². The first-order valence-electron chi connectivity index (χ1n) is 6.37. The van der Waals surface area contributed by atoms with E-state index in [0.29, 0.717) is 0 Å². The zero-order valence-electron chi connectivity index (χ0n) is 10.8. The van der Waals surface area contributed by atoms with Gasteiger partial charge in [0.1, 0.15) is 11.6 Å². The maximum Gasteiger partial charge on any atom is 0.141 e. The van der Waals surface area contributed by atoms with Crippen molar-refractivity contribution in [2.45, 2.75) is 32.2 Å². The Morgan fingerprint density at radius 3 is 2.95 bits per heavy atom. The number of nitrogens with zero attached hydrogens (tertiary/aromatic N) is 1. The molecule has 0 bridgehead atoms. The average Bonchev–Trinajstić information content (AvgIpc) is 2.89. The van der Waals surface area contributed by atoms with Crippen LogP contribution in [0.3, 0.4) is 0 Å². The number of imidazole rings is 1. The van der Waals surface area contributed by atoms with Crippen LogP contribution in [0, 0.1) is 5.82 Å². The average molecular weight is 282 g/mol. The number of nitrogens with one attached hydrogen (secondary N) is 1. The van der Waals surface area contributed by atoms with Crippen LogP contribution in [0.1, 0.15) is 38.1 Å². The van der Waals surface area contributed by atoms with Gasteiger partial charge in [-0.1, -0.05) is 31.4 Å². The van der Waals surface area contributed by atoms with Crippen LogP contribution in [0.5, 0.6) is 0 Å². The molecule has 1 unspecified atom stereocenters. The first-order valence-corrected chi connectivity index (χ1v) is 6.75. The van der Waals surface area contributed by atoms with Gasteiger partial charge in [-0.25, -0.2) is 9.37 Å². The zero-order valence-corrected chi connectivity index (χ0v) is 11.5. The van der Waals surface area contributed by atoms with Crippen molar-refractivity contribution < 1.29 is 4.39 Å². The number of hydrogen-bond acceptors (Lipinski definition) is 2. The van der Waals surface area contributed by atoms with Crippen LogP contribution in [0.2, 0.25) is 5.02 Å². The second-order valence-electron chi connectivity index (χ2n) is 4.56. The van der Waals surface area contributed by atoms with Gasteiger partial charge in [-0.3, -0.25) is 0 Å². The molecule has 1 aromatic heterocycles. The second-order valence-corrected chi connectivity index (χ2v) is 4.97. The quantitative estimate of drug-likeness (QED) is 0.868. The van der Waals surface area contributed by atoms with E-state index in [9.17, 15) is 4.39 Å². The molecule has 3 N–H and O–H groups in total.